The Labute approximate surface area is 132 Å². The number of aryl methyl sites for hydroxylation is 1. The molecule has 3 heteroatoms. The van der Waals surface area contributed by atoms with Crippen molar-refractivity contribution in [3.05, 3.63) is 23.3 Å². The zero-order valence-corrected chi connectivity index (χ0v) is 13.5. The molecule has 1 heterocycles. The van der Waals surface area contributed by atoms with Crippen molar-refractivity contribution in [2.75, 3.05) is 0 Å². The molecule has 22 heavy (non-hydrogen) atoms. The van der Waals surface area contributed by atoms with Gasteiger partial charge in [0.25, 0.3) is 0 Å². The van der Waals surface area contributed by atoms with Gasteiger partial charge in [-0.1, -0.05) is 26.2 Å². The van der Waals surface area contributed by atoms with Crippen LogP contribution in [0.25, 0.3) is 0 Å². The van der Waals surface area contributed by atoms with Crippen molar-refractivity contribution in [1.29, 1.82) is 0 Å². The van der Waals surface area contributed by atoms with Crippen molar-refractivity contribution in [3.8, 4) is 11.5 Å². The van der Waals surface area contributed by atoms with E-state index in [0.717, 1.165) is 44.1 Å². The van der Waals surface area contributed by atoms with Gasteiger partial charge in [-0.25, -0.2) is 0 Å². The summed E-state index contributed by atoms with van der Waals surface area (Å²) < 4.78 is 6.28. The number of unbranched alkanes of at least 4 members (excludes halogenated alkanes) is 2. The predicted molar refractivity (Wildman–Crippen MR) is 86.7 cm³/mol. The van der Waals surface area contributed by atoms with Gasteiger partial charge >= 0.3 is 0 Å². The number of carbonyl (C=O) groups excluding carboxylic acids is 1. The highest BCUT2D eigenvalue weighted by atomic mass is 16.5. The molecule has 1 aromatic carbocycles. The maximum absolute atomic E-state index is 12.5. The van der Waals surface area contributed by atoms with E-state index in [2.05, 4.69) is 6.92 Å². The Morgan fingerprint density at radius 1 is 1.18 bits per heavy atom. The molecule has 1 aliphatic carbocycles. The minimum Gasteiger partial charge on any atom is -0.507 e. The van der Waals surface area contributed by atoms with Gasteiger partial charge in [0.1, 0.15) is 22.7 Å². The molecule has 0 amide bonds. The third-order valence-electron chi connectivity index (χ3n) is 5.06. The molecule has 3 nitrogen and oxygen atoms in total. The van der Waals surface area contributed by atoms with E-state index in [1.807, 2.05) is 6.07 Å². The second-order valence-electron chi connectivity index (χ2n) is 6.89. The van der Waals surface area contributed by atoms with Crippen LogP contribution in [0.2, 0.25) is 0 Å². The van der Waals surface area contributed by atoms with Gasteiger partial charge in [-0.05, 0) is 56.2 Å². The van der Waals surface area contributed by atoms with Gasteiger partial charge in [0.05, 0.1) is 6.42 Å². The first-order valence-electron chi connectivity index (χ1n) is 8.72. The molecule has 120 valence electrons. The van der Waals surface area contributed by atoms with Crippen LogP contribution >= 0.6 is 0 Å². The number of ketones is 1. The van der Waals surface area contributed by atoms with Gasteiger partial charge in [0.15, 0.2) is 5.78 Å². The molecule has 1 aromatic rings. The van der Waals surface area contributed by atoms with Gasteiger partial charge in [-0.15, -0.1) is 0 Å². The summed E-state index contributed by atoms with van der Waals surface area (Å²) in [5, 5.41) is 10.3. The molecule has 2 aliphatic rings. The highest BCUT2D eigenvalue weighted by Crippen LogP contribution is 2.44. The molecule has 3 rings (SSSR count). The monoisotopic (exact) mass is 302 g/mol. The lowest BCUT2D eigenvalue weighted by Gasteiger charge is -2.40. The Morgan fingerprint density at radius 3 is 2.68 bits per heavy atom. The minimum atomic E-state index is -0.309. The molecule has 0 unspecified atom stereocenters. The largest absolute Gasteiger partial charge is 0.507 e. The first-order valence-corrected chi connectivity index (χ1v) is 8.72. The summed E-state index contributed by atoms with van der Waals surface area (Å²) in [6.45, 7) is 2.18. The van der Waals surface area contributed by atoms with Crippen LogP contribution in [0.4, 0.5) is 0 Å². The Morgan fingerprint density at radius 2 is 1.95 bits per heavy atom. The number of Topliss-reactive ketones (excluding diaryl/α,β-unsaturated/α-hetero) is 1. The number of ether oxygens (including phenoxy) is 1. The average Bonchev–Trinajstić information content (AvgIpc) is 2.47. The zero-order valence-electron chi connectivity index (χ0n) is 13.5. The van der Waals surface area contributed by atoms with Crippen molar-refractivity contribution in [2.24, 2.45) is 0 Å². The fraction of sp³-hybridized carbons (Fsp3) is 0.632. The quantitative estimate of drug-likeness (QED) is 0.813. The molecular formula is C19H26O3. The second-order valence-corrected chi connectivity index (χ2v) is 6.89. The Hall–Kier alpha value is -1.51. The average molecular weight is 302 g/mol. The molecule has 0 bridgehead atoms. The number of carbonyl (C=O) groups is 1. The lowest BCUT2D eigenvalue weighted by atomic mass is 9.78. The standard InChI is InChI=1S/C19H26O3/c1-2-3-5-8-14-11-15(20)18-16(21)13-19(22-17(18)12-14)9-6-4-7-10-19/h11-12,20H,2-10,13H2,1H3. The number of fused-ring (bicyclic) bond motifs is 1. The molecule has 1 saturated carbocycles. The summed E-state index contributed by atoms with van der Waals surface area (Å²) in [4.78, 5) is 12.5. The third kappa shape index (κ3) is 2.99. The molecular weight excluding hydrogens is 276 g/mol. The number of hydrogen-bond acceptors (Lipinski definition) is 3. The maximum Gasteiger partial charge on any atom is 0.174 e. The summed E-state index contributed by atoms with van der Waals surface area (Å²) in [6, 6.07) is 3.73. The number of phenols is 1. The van der Waals surface area contributed by atoms with E-state index in [9.17, 15) is 9.90 Å². The van der Waals surface area contributed by atoms with Crippen LogP contribution in [-0.2, 0) is 6.42 Å². The number of phenolic OH excluding ortho intramolecular Hbond substituents is 1. The Kier molecular flexibility index (Phi) is 4.42. The van der Waals surface area contributed by atoms with Crippen LogP contribution in [-0.4, -0.2) is 16.5 Å². The highest BCUT2D eigenvalue weighted by molar-refractivity contribution is 6.02. The van der Waals surface area contributed by atoms with Crippen molar-refractivity contribution in [1.82, 2.24) is 0 Å². The van der Waals surface area contributed by atoms with E-state index in [1.165, 1.54) is 19.3 Å². The Balaban J connectivity index is 1.87. The van der Waals surface area contributed by atoms with Gasteiger partial charge < -0.3 is 9.84 Å². The molecule has 0 aromatic heterocycles. The zero-order chi connectivity index (χ0) is 15.6. The number of hydrogen-bond donors (Lipinski definition) is 1. The first-order chi connectivity index (χ1) is 10.6. The first kappa shape index (κ1) is 15.4. The van der Waals surface area contributed by atoms with E-state index >= 15 is 0 Å². The third-order valence-corrected chi connectivity index (χ3v) is 5.06. The second kappa shape index (κ2) is 6.31. The van der Waals surface area contributed by atoms with E-state index in [4.69, 9.17) is 4.74 Å². The lowest BCUT2D eigenvalue weighted by molar-refractivity contribution is 0.0131. The number of benzene rings is 1. The fourth-order valence-electron chi connectivity index (χ4n) is 3.87. The van der Waals surface area contributed by atoms with Crippen LogP contribution in [0.5, 0.6) is 11.5 Å². The summed E-state index contributed by atoms with van der Waals surface area (Å²) in [7, 11) is 0. The molecule has 1 fully saturated rings. The van der Waals surface area contributed by atoms with E-state index in [0.29, 0.717) is 17.7 Å². The van der Waals surface area contributed by atoms with Gasteiger partial charge in [-0.3, -0.25) is 4.79 Å². The predicted octanol–water partition coefficient (Wildman–Crippen LogP) is 4.79. The fourth-order valence-corrected chi connectivity index (χ4v) is 3.87. The van der Waals surface area contributed by atoms with Crippen molar-refractivity contribution in [3.63, 3.8) is 0 Å². The number of aromatic hydroxyl groups is 1. The highest BCUT2D eigenvalue weighted by Gasteiger charge is 2.42. The SMILES string of the molecule is CCCCCc1cc(O)c2c(c1)OC1(CCCCC1)CC2=O. The van der Waals surface area contributed by atoms with Crippen molar-refractivity contribution >= 4 is 5.78 Å². The normalized spacial score (nSPS) is 19.8. The lowest BCUT2D eigenvalue weighted by Crippen LogP contribution is -2.43. The van der Waals surface area contributed by atoms with Crippen LogP contribution in [0.1, 0.15) is 80.6 Å². The van der Waals surface area contributed by atoms with E-state index in [1.54, 1.807) is 6.07 Å². The van der Waals surface area contributed by atoms with Gasteiger partial charge in [0.2, 0.25) is 0 Å². The smallest absolute Gasteiger partial charge is 0.174 e. The molecule has 1 N–H and O–H groups in total. The summed E-state index contributed by atoms with van der Waals surface area (Å²) in [6.07, 6.45) is 10.2. The van der Waals surface area contributed by atoms with E-state index < -0.39 is 0 Å². The van der Waals surface area contributed by atoms with Crippen LogP contribution < -0.4 is 4.74 Å². The molecule has 0 saturated heterocycles. The minimum absolute atomic E-state index is 0.0424. The maximum atomic E-state index is 12.5. The van der Waals surface area contributed by atoms with Gasteiger partial charge in [-0.2, -0.15) is 0 Å². The van der Waals surface area contributed by atoms with Crippen LogP contribution in [0.3, 0.4) is 0 Å². The van der Waals surface area contributed by atoms with Crippen LogP contribution in [0.15, 0.2) is 12.1 Å². The van der Waals surface area contributed by atoms with Crippen molar-refractivity contribution in [2.45, 2.75) is 76.7 Å². The summed E-state index contributed by atoms with van der Waals surface area (Å²) >= 11 is 0. The summed E-state index contributed by atoms with van der Waals surface area (Å²) in [5.41, 5.74) is 1.16. The topological polar surface area (TPSA) is 46.5 Å². The molecule has 1 spiro atoms. The summed E-state index contributed by atoms with van der Waals surface area (Å²) in [5.74, 6) is 0.755. The molecule has 0 atom stereocenters. The van der Waals surface area contributed by atoms with Gasteiger partial charge in [0, 0.05) is 0 Å². The van der Waals surface area contributed by atoms with Crippen LogP contribution in [0, 0.1) is 0 Å². The Bertz CT molecular complexity index is 556. The molecule has 1 aliphatic heterocycles. The number of rotatable bonds is 4. The molecule has 0 radical (unpaired) electrons. The van der Waals surface area contributed by atoms with E-state index in [-0.39, 0.29) is 17.1 Å². The van der Waals surface area contributed by atoms with Crippen molar-refractivity contribution < 1.29 is 14.6 Å².